The number of nitrogens with zero attached hydrogens (tertiary/aromatic N) is 5. The van der Waals surface area contributed by atoms with Crippen LogP contribution >= 0.6 is 11.3 Å². The monoisotopic (exact) mass is 550 g/mol. The minimum atomic E-state index is -4.51. The van der Waals surface area contributed by atoms with Gasteiger partial charge in [-0.15, -0.1) is 0 Å². The fraction of sp³-hybridized carbons (Fsp3) is 0.417. The molecular formula is C24H25F3N6O4S. The first-order chi connectivity index (χ1) is 18.0. The quantitative estimate of drug-likeness (QED) is 0.475. The number of carbonyl (C=O) groups excluding carboxylic acids is 1. The third-order valence-electron chi connectivity index (χ3n) is 6.34. The van der Waals surface area contributed by atoms with E-state index in [9.17, 15) is 18.0 Å². The van der Waals surface area contributed by atoms with E-state index in [-0.39, 0.29) is 28.2 Å². The molecule has 1 spiro atoms. The molecule has 1 N–H and O–H groups in total. The lowest BCUT2D eigenvalue weighted by molar-refractivity contribution is -0.138. The van der Waals surface area contributed by atoms with Crippen molar-refractivity contribution in [1.82, 2.24) is 24.8 Å². The molecular weight excluding hydrogens is 525 g/mol. The minimum absolute atomic E-state index is 0.00893. The summed E-state index contributed by atoms with van der Waals surface area (Å²) in [5.74, 6) is -0.441. The Morgan fingerprint density at radius 1 is 1.21 bits per heavy atom. The van der Waals surface area contributed by atoms with E-state index >= 15 is 0 Å². The second-order valence-corrected chi connectivity index (χ2v) is 10.2. The first-order valence-electron chi connectivity index (χ1n) is 11.6. The smallest absolute Gasteiger partial charge is 0.416 e. The van der Waals surface area contributed by atoms with Crippen LogP contribution in [0.25, 0.3) is 11.3 Å². The van der Waals surface area contributed by atoms with Crippen molar-refractivity contribution in [2.75, 3.05) is 59.8 Å². The number of thiazole rings is 1. The Morgan fingerprint density at radius 2 is 1.89 bits per heavy atom. The zero-order valence-electron chi connectivity index (χ0n) is 21.0. The zero-order chi connectivity index (χ0) is 27.2. The van der Waals surface area contributed by atoms with Crippen LogP contribution in [0.4, 0.5) is 18.3 Å². The zero-order valence-corrected chi connectivity index (χ0v) is 21.9. The van der Waals surface area contributed by atoms with Crippen LogP contribution in [0.2, 0.25) is 0 Å². The van der Waals surface area contributed by atoms with Crippen molar-refractivity contribution in [3.05, 3.63) is 40.5 Å². The lowest BCUT2D eigenvalue weighted by Gasteiger charge is -2.51. The Hall–Kier alpha value is -3.49. The average Bonchev–Trinajstić information content (AvgIpc) is 3.28. The average molecular weight is 551 g/mol. The molecule has 10 nitrogen and oxygen atoms in total. The van der Waals surface area contributed by atoms with E-state index < -0.39 is 23.2 Å². The van der Waals surface area contributed by atoms with Crippen LogP contribution in [0.1, 0.15) is 20.8 Å². The Morgan fingerprint density at radius 3 is 2.50 bits per heavy atom. The van der Waals surface area contributed by atoms with Gasteiger partial charge in [-0.2, -0.15) is 13.2 Å². The molecule has 0 radical (unpaired) electrons. The number of halogens is 3. The summed E-state index contributed by atoms with van der Waals surface area (Å²) in [6, 6.07) is 3.37. The van der Waals surface area contributed by atoms with Crippen LogP contribution < -0.4 is 19.5 Å². The summed E-state index contributed by atoms with van der Waals surface area (Å²) < 4.78 is 57.0. The van der Waals surface area contributed by atoms with Gasteiger partial charge in [-0.1, -0.05) is 11.3 Å². The molecule has 2 aliphatic heterocycles. The predicted octanol–water partition coefficient (Wildman–Crippen LogP) is 3.35. The molecule has 0 atom stereocenters. The Balaban J connectivity index is 1.51. The van der Waals surface area contributed by atoms with Gasteiger partial charge in [0.2, 0.25) is 11.8 Å². The van der Waals surface area contributed by atoms with E-state index in [4.69, 9.17) is 14.2 Å². The molecule has 14 heteroatoms. The number of likely N-dealkylation sites (tertiary alicyclic amines) is 1. The number of rotatable bonds is 7. The second kappa shape index (κ2) is 9.67. The van der Waals surface area contributed by atoms with Crippen molar-refractivity contribution in [3.8, 4) is 28.8 Å². The number of nitrogens with one attached hydrogen (secondary N) is 1. The van der Waals surface area contributed by atoms with Gasteiger partial charge in [0, 0.05) is 31.7 Å². The van der Waals surface area contributed by atoms with Crippen molar-refractivity contribution in [2.45, 2.75) is 11.8 Å². The number of aromatic nitrogens is 3. The van der Waals surface area contributed by atoms with E-state index in [2.05, 4.69) is 30.1 Å². The predicted molar refractivity (Wildman–Crippen MR) is 133 cm³/mol. The van der Waals surface area contributed by atoms with E-state index in [0.717, 1.165) is 30.1 Å². The lowest BCUT2D eigenvalue weighted by atomic mass is 9.86. The number of ether oxygens (including phenoxy) is 3. The molecule has 4 heterocycles. The maximum Gasteiger partial charge on any atom is 0.416 e. The number of methoxy groups -OCH3 is 2. The van der Waals surface area contributed by atoms with Gasteiger partial charge in [-0.3, -0.25) is 15.0 Å². The molecule has 0 saturated carbocycles. The SMILES string of the molecule is COc1ncnc(OC)c1C(=O)Nc1nc2c(s1)C1(CN(CCN(C)C)C1)Oc1cc(C(F)(F)F)ccc1-2. The van der Waals surface area contributed by atoms with Crippen molar-refractivity contribution < 1.29 is 32.2 Å². The van der Waals surface area contributed by atoms with Gasteiger partial charge in [-0.25, -0.2) is 15.0 Å². The molecule has 38 heavy (non-hydrogen) atoms. The van der Waals surface area contributed by atoms with Gasteiger partial charge in [0.1, 0.15) is 12.1 Å². The summed E-state index contributed by atoms with van der Waals surface area (Å²) in [6.45, 7) is 2.56. The summed E-state index contributed by atoms with van der Waals surface area (Å²) in [7, 11) is 6.68. The van der Waals surface area contributed by atoms with Crippen molar-refractivity contribution in [1.29, 1.82) is 0 Å². The third-order valence-corrected chi connectivity index (χ3v) is 7.50. The molecule has 0 aliphatic carbocycles. The summed E-state index contributed by atoms with van der Waals surface area (Å²) in [5, 5.41) is 2.99. The van der Waals surface area contributed by atoms with Crippen molar-refractivity contribution >= 4 is 22.4 Å². The summed E-state index contributed by atoms with van der Waals surface area (Å²) in [4.78, 5) is 30.7. The van der Waals surface area contributed by atoms with Crippen LogP contribution in [0.3, 0.4) is 0 Å². The Bertz CT molecular complexity index is 1350. The number of likely N-dealkylation sites (N-methyl/N-ethyl adjacent to an activating group) is 1. The molecule has 1 saturated heterocycles. The number of alkyl halides is 3. The van der Waals surface area contributed by atoms with E-state index in [1.54, 1.807) is 0 Å². The topological polar surface area (TPSA) is 102 Å². The molecule has 1 fully saturated rings. The number of carbonyl (C=O) groups is 1. The summed E-state index contributed by atoms with van der Waals surface area (Å²) in [6.07, 6.45) is -3.30. The van der Waals surface area contributed by atoms with Gasteiger partial charge < -0.3 is 19.1 Å². The molecule has 1 amide bonds. The number of hydrogen-bond donors (Lipinski definition) is 1. The van der Waals surface area contributed by atoms with Crippen molar-refractivity contribution in [3.63, 3.8) is 0 Å². The normalized spacial score (nSPS) is 15.9. The first-order valence-corrected chi connectivity index (χ1v) is 12.4. The molecule has 2 aliphatic rings. The van der Waals surface area contributed by atoms with E-state index in [1.165, 1.54) is 38.0 Å². The number of benzene rings is 1. The van der Waals surface area contributed by atoms with E-state index in [1.807, 2.05) is 14.1 Å². The maximum absolute atomic E-state index is 13.5. The highest BCUT2D eigenvalue weighted by molar-refractivity contribution is 7.16. The highest BCUT2D eigenvalue weighted by Crippen LogP contribution is 2.53. The number of anilines is 1. The summed E-state index contributed by atoms with van der Waals surface area (Å²) in [5.41, 5.74) is -0.766. The number of fused-ring (bicyclic) bond motifs is 4. The third kappa shape index (κ3) is 4.63. The summed E-state index contributed by atoms with van der Waals surface area (Å²) >= 11 is 1.22. The van der Waals surface area contributed by atoms with Crippen LogP contribution in [-0.4, -0.2) is 85.2 Å². The van der Waals surface area contributed by atoms with Crippen LogP contribution in [0.15, 0.2) is 24.5 Å². The van der Waals surface area contributed by atoms with Crippen LogP contribution in [0.5, 0.6) is 17.5 Å². The number of amides is 1. The molecule has 1 aromatic carbocycles. The maximum atomic E-state index is 13.5. The largest absolute Gasteiger partial charge is 0.480 e. The number of hydrogen-bond acceptors (Lipinski definition) is 10. The molecule has 0 unspecified atom stereocenters. The highest BCUT2D eigenvalue weighted by Gasteiger charge is 2.53. The van der Waals surface area contributed by atoms with Gasteiger partial charge in [-0.05, 0) is 32.3 Å². The minimum Gasteiger partial charge on any atom is -0.480 e. The van der Waals surface area contributed by atoms with Crippen LogP contribution in [-0.2, 0) is 11.8 Å². The van der Waals surface area contributed by atoms with Gasteiger partial charge >= 0.3 is 6.18 Å². The molecule has 2 aromatic heterocycles. The standard InChI is InChI=1S/C24H25F3N6O4S/c1-32(2)7-8-33-10-23(11-33)18-17(14-6-5-13(24(25,26)27)9-15(14)37-23)30-22(38-18)31-19(34)16-20(35-3)28-12-29-21(16)36-4/h5-6,9,12H,7-8,10-11H2,1-4H3,(H,30,31,34). The fourth-order valence-electron chi connectivity index (χ4n) is 4.50. The molecule has 202 valence electrons. The van der Waals surface area contributed by atoms with Gasteiger partial charge in [0.15, 0.2) is 16.3 Å². The molecule has 0 bridgehead atoms. The molecule has 5 rings (SSSR count). The molecule has 3 aromatic rings. The Kier molecular flexibility index (Phi) is 6.65. The lowest BCUT2D eigenvalue weighted by Crippen LogP contribution is -2.63. The van der Waals surface area contributed by atoms with Crippen molar-refractivity contribution in [2.24, 2.45) is 0 Å². The highest BCUT2D eigenvalue weighted by atomic mass is 32.1. The van der Waals surface area contributed by atoms with Gasteiger partial charge in [0.25, 0.3) is 5.91 Å². The Labute approximate surface area is 220 Å². The first kappa shape index (κ1) is 26.1. The van der Waals surface area contributed by atoms with Gasteiger partial charge in [0.05, 0.1) is 30.4 Å². The fourth-order valence-corrected chi connectivity index (χ4v) is 5.59. The van der Waals surface area contributed by atoms with Crippen LogP contribution in [0, 0.1) is 0 Å². The second-order valence-electron chi connectivity index (χ2n) is 9.24. The van der Waals surface area contributed by atoms with E-state index in [0.29, 0.717) is 24.3 Å².